The SMILES string of the molecule is Clc1ccc(CNC2CCCC2n2ccnc2)c(Br)c1. The minimum absolute atomic E-state index is 0.506. The fourth-order valence-electron chi connectivity index (χ4n) is 2.91. The van der Waals surface area contributed by atoms with Crippen LogP contribution < -0.4 is 5.32 Å². The van der Waals surface area contributed by atoms with Gasteiger partial charge in [-0.1, -0.05) is 33.6 Å². The Kier molecular flexibility index (Phi) is 4.44. The lowest BCUT2D eigenvalue weighted by molar-refractivity contribution is 0.390. The largest absolute Gasteiger partial charge is 0.333 e. The Morgan fingerprint density at radius 1 is 1.40 bits per heavy atom. The molecule has 0 bridgehead atoms. The fraction of sp³-hybridized carbons (Fsp3) is 0.400. The lowest BCUT2D eigenvalue weighted by atomic mass is 10.1. The monoisotopic (exact) mass is 353 g/mol. The number of nitrogens with zero attached hydrogens (tertiary/aromatic N) is 2. The quantitative estimate of drug-likeness (QED) is 0.892. The van der Waals surface area contributed by atoms with Crippen LogP contribution in [0, 0.1) is 0 Å². The molecule has 3 nitrogen and oxygen atoms in total. The Balaban J connectivity index is 1.65. The second-order valence-corrected chi connectivity index (χ2v) is 6.52. The summed E-state index contributed by atoms with van der Waals surface area (Å²) < 4.78 is 3.29. The molecule has 1 aromatic carbocycles. The molecule has 0 radical (unpaired) electrons. The van der Waals surface area contributed by atoms with Crippen molar-refractivity contribution in [3.8, 4) is 0 Å². The molecule has 106 valence electrons. The van der Waals surface area contributed by atoms with Crippen LogP contribution in [0.15, 0.2) is 41.4 Å². The summed E-state index contributed by atoms with van der Waals surface area (Å²) in [6.45, 7) is 0.855. The molecule has 2 atom stereocenters. The van der Waals surface area contributed by atoms with E-state index in [0.717, 1.165) is 16.0 Å². The van der Waals surface area contributed by atoms with Gasteiger partial charge in [0.05, 0.1) is 6.33 Å². The topological polar surface area (TPSA) is 29.9 Å². The molecule has 1 aromatic heterocycles. The molecule has 3 rings (SSSR count). The average molecular weight is 355 g/mol. The summed E-state index contributed by atoms with van der Waals surface area (Å²) in [6.07, 6.45) is 9.53. The third kappa shape index (κ3) is 3.08. The molecule has 1 N–H and O–H groups in total. The van der Waals surface area contributed by atoms with Gasteiger partial charge in [-0.25, -0.2) is 4.98 Å². The molecule has 1 fully saturated rings. The van der Waals surface area contributed by atoms with Crippen LogP contribution in [0.1, 0.15) is 30.9 Å². The highest BCUT2D eigenvalue weighted by atomic mass is 79.9. The summed E-state index contributed by atoms with van der Waals surface area (Å²) in [5, 5.41) is 4.44. The predicted octanol–water partition coefficient (Wildman–Crippen LogP) is 4.18. The summed E-state index contributed by atoms with van der Waals surface area (Å²) in [5.74, 6) is 0. The number of imidazole rings is 1. The van der Waals surface area contributed by atoms with Crippen LogP contribution in [0.5, 0.6) is 0 Å². The van der Waals surface area contributed by atoms with E-state index in [2.05, 4.69) is 43.1 Å². The van der Waals surface area contributed by atoms with Gasteiger partial charge < -0.3 is 9.88 Å². The van der Waals surface area contributed by atoms with Crippen LogP contribution in [0.3, 0.4) is 0 Å². The van der Waals surface area contributed by atoms with Crippen LogP contribution in [-0.2, 0) is 6.54 Å². The molecule has 0 saturated heterocycles. The summed E-state index contributed by atoms with van der Waals surface area (Å²) in [6, 6.07) is 6.97. The zero-order valence-corrected chi connectivity index (χ0v) is 13.4. The standard InChI is InChI=1S/C15H17BrClN3/c16-13-8-12(17)5-4-11(13)9-19-14-2-1-3-15(14)20-7-6-18-10-20/h4-8,10,14-15,19H,1-3,9H2. The van der Waals surface area contributed by atoms with Crippen molar-refractivity contribution in [1.82, 2.24) is 14.9 Å². The summed E-state index contributed by atoms with van der Waals surface area (Å²) in [4.78, 5) is 4.16. The Hall–Kier alpha value is -0.840. The van der Waals surface area contributed by atoms with E-state index in [0.29, 0.717) is 12.1 Å². The number of benzene rings is 1. The molecule has 1 heterocycles. The van der Waals surface area contributed by atoms with Crippen LogP contribution >= 0.6 is 27.5 Å². The van der Waals surface area contributed by atoms with Crippen LogP contribution in [-0.4, -0.2) is 15.6 Å². The van der Waals surface area contributed by atoms with E-state index in [1.165, 1.54) is 24.8 Å². The van der Waals surface area contributed by atoms with Crippen LogP contribution in [0.4, 0.5) is 0 Å². The molecule has 1 aliphatic rings. The maximum Gasteiger partial charge on any atom is 0.0949 e. The maximum atomic E-state index is 5.97. The lowest BCUT2D eigenvalue weighted by Crippen LogP contribution is -2.33. The minimum Gasteiger partial charge on any atom is -0.333 e. The van der Waals surface area contributed by atoms with E-state index in [9.17, 15) is 0 Å². The second-order valence-electron chi connectivity index (χ2n) is 5.23. The normalized spacial score (nSPS) is 22.3. The molecule has 2 unspecified atom stereocenters. The summed E-state index contributed by atoms with van der Waals surface area (Å²) in [7, 11) is 0. The van der Waals surface area contributed by atoms with E-state index < -0.39 is 0 Å². The zero-order chi connectivity index (χ0) is 13.9. The van der Waals surface area contributed by atoms with Gasteiger partial charge in [0.15, 0.2) is 0 Å². The third-order valence-electron chi connectivity index (χ3n) is 3.96. The highest BCUT2D eigenvalue weighted by Crippen LogP contribution is 2.30. The van der Waals surface area contributed by atoms with Gasteiger partial charge in [-0.3, -0.25) is 0 Å². The van der Waals surface area contributed by atoms with Crippen LogP contribution in [0.25, 0.3) is 0 Å². The zero-order valence-electron chi connectivity index (χ0n) is 11.1. The number of hydrogen-bond acceptors (Lipinski definition) is 2. The van der Waals surface area contributed by atoms with Crippen molar-refractivity contribution in [2.75, 3.05) is 0 Å². The van der Waals surface area contributed by atoms with Gasteiger partial charge in [0.2, 0.25) is 0 Å². The fourth-order valence-corrected chi connectivity index (χ4v) is 3.73. The summed E-state index contributed by atoms with van der Waals surface area (Å²) >= 11 is 9.55. The van der Waals surface area contributed by atoms with E-state index in [1.54, 1.807) is 0 Å². The van der Waals surface area contributed by atoms with Crippen molar-refractivity contribution < 1.29 is 0 Å². The Morgan fingerprint density at radius 3 is 3.05 bits per heavy atom. The first kappa shape index (κ1) is 14.1. The van der Waals surface area contributed by atoms with E-state index >= 15 is 0 Å². The van der Waals surface area contributed by atoms with E-state index in [1.807, 2.05) is 24.7 Å². The number of rotatable bonds is 4. The molecule has 1 aliphatic carbocycles. The third-order valence-corrected chi connectivity index (χ3v) is 4.93. The van der Waals surface area contributed by atoms with E-state index in [-0.39, 0.29) is 0 Å². The number of hydrogen-bond donors (Lipinski definition) is 1. The van der Waals surface area contributed by atoms with E-state index in [4.69, 9.17) is 11.6 Å². The average Bonchev–Trinajstić information content (AvgIpc) is 3.08. The number of halogens is 2. The van der Waals surface area contributed by atoms with Crippen molar-refractivity contribution in [2.45, 2.75) is 37.9 Å². The first-order valence-electron chi connectivity index (χ1n) is 6.89. The molecule has 5 heteroatoms. The minimum atomic E-state index is 0.506. The smallest absolute Gasteiger partial charge is 0.0949 e. The molecular weight excluding hydrogens is 338 g/mol. The highest BCUT2D eigenvalue weighted by molar-refractivity contribution is 9.10. The van der Waals surface area contributed by atoms with Gasteiger partial charge in [0.1, 0.15) is 0 Å². The van der Waals surface area contributed by atoms with Crippen molar-refractivity contribution in [3.63, 3.8) is 0 Å². The van der Waals surface area contributed by atoms with Gasteiger partial charge in [-0.15, -0.1) is 0 Å². The Bertz CT molecular complexity index is 571. The lowest BCUT2D eigenvalue weighted by Gasteiger charge is -2.22. The van der Waals surface area contributed by atoms with Crippen molar-refractivity contribution in [3.05, 3.63) is 52.0 Å². The molecule has 20 heavy (non-hydrogen) atoms. The molecule has 1 saturated carbocycles. The van der Waals surface area contributed by atoms with Gasteiger partial charge >= 0.3 is 0 Å². The number of nitrogens with one attached hydrogen (secondary N) is 1. The molecular formula is C15H17BrClN3. The molecule has 0 amide bonds. The molecule has 0 spiro atoms. The van der Waals surface area contributed by atoms with Gasteiger partial charge in [-0.2, -0.15) is 0 Å². The summed E-state index contributed by atoms with van der Waals surface area (Å²) in [5.41, 5.74) is 1.24. The van der Waals surface area contributed by atoms with Gasteiger partial charge in [-0.05, 0) is 37.0 Å². The second kappa shape index (κ2) is 6.29. The predicted molar refractivity (Wildman–Crippen MR) is 84.9 cm³/mol. The first-order chi connectivity index (χ1) is 9.74. The highest BCUT2D eigenvalue weighted by Gasteiger charge is 2.27. The van der Waals surface area contributed by atoms with Gasteiger partial charge in [0.25, 0.3) is 0 Å². The first-order valence-corrected chi connectivity index (χ1v) is 8.06. The van der Waals surface area contributed by atoms with Crippen molar-refractivity contribution >= 4 is 27.5 Å². The molecule has 2 aromatic rings. The number of aromatic nitrogens is 2. The Labute approximate surface area is 132 Å². The van der Waals surface area contributed by atoms with Crippen molar-refractivity contribution in [2.24, 2.45) is 0 Å². The molecule has 0 aliphatic heterocycles. The Morgan fingerprint density at radius 2 is 2.30 bits per heavy atom. The van der Waals surface area contributed by atoms with Gasteiger partial charge in [0, 0.05) is 40.5 Å². The maximum absolute atomic E-state index is 5.97. The van der Waals surface area contributed by atoms with Crippen LogP contribution in [0.2, 0.25) is 5.02 Å². The van der Waals surface area contributed by atoms with Crippen molar-refractivity contribution in [1.29, 1.82) is 0 Å².